The molecule has 0 aliphatic heterocycles. The molecule has 0 fully saturated rings. The van der Waals surface area contributed by atoms with Crippen LogP contribution >= 0.6 is 11.6 Å². The fourth-order valence-electron chi connectivity index (χ4n) is 2.43. The number of aromatic nitrogens is 4. The van der Waals surface area contributed by atoms with Crippen LogP contribution < -0.4 is 4.90 Å². The number of aliphatic hydroxyl groups excluding tert-OH is 2. The summed E-state index contributed by atoms with van der Waals surface area (Å²) < 4.78 is 1.68. The van der Waals surface area contributed by atoms with Gasteiger partial charge in [0.2, 0.25) is 5.28 Å². The van der Waals surface area contributed by atoms with E-state index in [1.165, 1.54) is 0 Å². The SMILES string of the molecule is OCCN(CCO)c1nc(Cl)nc2c1cnn2-c1ccccc1. The third-order valence-electron chi connectivity index (χ3n) is 3.42. The average Bonchev–Trinajstić information content (AvgIpc) is 2.98. The molecule has 0 spiro atoms. The van der Waals surface area contributed by atoms with Crippen LogP contribution in [0.15, 0.2) is 36.5 Å². The van der Waals surface area contributed by atoms with Crippen molar-refractivity contribution in [1.82, 2.24) is 19.7 Å². The number of para-hydroxylation sites is 1. The molecule has 120 valence electrons. The van der Waals surface area contributed by atoms with Crippen LogP contribution in [-0.4, -0.2) is 56.3 Å². The van der Waals surface area contributed by atoms with Gasteiger partial charge >= 0.3 is 0 Å². The molecule has 23 heavy (non-hydrogen) atoms. The predicted octanol–water partition coefficient (Wildman–Crippen LogP) is 1.26. The maximum Gasteiger partial charge on any atom is 0.226 e. The van der Waals surface area contributed by atoms with Gasteiger partial charge in [-0.05, 0) is 23.7 Å². The van der Waals surface area contributed by atoms with Crippen LogP contribution in [0.1, 0.15) is 0 Å². The molecule has 2 N–H and O–H groups in total. The summed E-state index contributed by atoms with van der Waals surface area (Å²) in [6.07, 6.45) is 1.66. The van der Waals surface area contributed by atoms with E-state index in [1.54, 1.807) is 15.8 Å². The molecule has 2 aromatic heterocycles. The van der Waals surface area contributed by atoms with Crippen LogP contribution in [0, 0.1) is 0 Å². The Morgan fingerprint density at radius 2 is 1.74 bits per heavy atom. The minimum atomic E-state index is -0.0596. The molecule has 0 unspecified atom stereocenters. The van der Waals surface area contributed by atoms with Gasteiger partial charge in [-0.1, -0.05) is 18.2 Å². The molecule has 0 radical (unpaired) electrons. The number of aliphatic hydroxyl groups is 2. The Kier molecular flexibility index (Phi) is 4.71. The number of fused-ring (bicyclic) bond motifs is 1. The minimum Gasteiger partial charge on any atom is -0.395 e. The first-order valence-electron chi connectivity index (χ1n) is 7.18. The van der Waals surface area contributed by atoms with Crippen molar-refractivity contribution < 1.29 is 10.2 Å². The first-order valence-corrected chi connectivity index (χ1v) is 7.55. The Balaban J connectivity index is 2.15. The normalized spacial score (nSPS) is 11.1. The molecule has 0 amide bonds. The Morgan fingerprint density at radius 3 is 2.39 bits per heavy atom. The maximum atomic E-state index is 9.23. The number of benzene rings is 1. The van der Waals surface area contributed by atoms with Crippen molar-refractivity contribution in [2.45, 2.75) is 0 Å². The molecule has 0 saturated heterocycles. The number of nitrogens with zero attached hydrogens (tertiary/aromatic N) is 5. The van der Waals surface area contributed by atoms with Crippen LogP contribution in [-0.2, 0) is 0 Å². The van der Waals surface area contributed by atoms with Gasteiger partial charge in [-0.15, -0.1) is 0 Å². The van der Waals surface area contributed by atoms with E-state index in [0.717, 1.165) is 5.69 Å². The van der Waals surface area contributed by atoms with Gasteiger partial charge < -0.3 is 15.1 Å². The summed E-state index contributed by atoms with van der Waals surface area (Å²) in [6, 6.07) is 9.59. The van der Waals surface area contributed by atoms with E-state index >= 15 is 0 Å². The van der Waals surface area contributed by atoms with E-state index in [9.17, 15) is 10.2 Å². The third kappa shape index (κ3) is 3.12. The Hall–Kier alpha value is -2.22. The van der Waals surface area contributed by atoms with Gasteiger partial charge in [-0.3, -0.25) is 0 Å². The van der Waals surface area contributed by atoms with Crippen molar-refractivity contribution >= 4 is 28.5 Å². The number of hydrogen-bond acceptors (Lipinski definition) is 6. The van der Waals surface area contributed by atoms with Crippen molar-refractivity contribution in [3.05, 3.63) is 41.8 Å². The fraction of sp³-hybridized carbons (Fsp3) is 0.267. The average molecular weight is 334 g/mol. The van der Waals surface area contributed by atoms with Crippen molar-refractivity contribution in [3.63, 3.8) is 0 Å². The zero-order valence-electron chi connectivity index (χ0n) is 12.3. The molecule has 0 aliphatic carbocycles. The number of rotatable bonds is 6. The number of halogens is 1. The highest BCUT2D eigenvalue weighted by atomic mass is 35.5. The van der Waals surface area contributed by atoms with Gasteiger partial charge in [0.15, 0.2) is 5.65 Å². The van der Waals surface area contributed by atoms with Gasteiger partial charge in [-0.25, -0.2) is 4.68 Å². The Labute approximate surface area is 137 Å². The minimum absolute atomic E-state index is 0.0596. The van der Waals surface area contributed by atoms with Crippen LogP contribution in [0.4, 0.5) is 5.82 Å². The zero-order chi connectivity index (χ0) is 16.2. The summed E-state index contributed by atoms with van der Waals surface area (Å²) in [5.74, 6) is 0.547. The lowest BCUT2D eigenvalue weighted by atomic mass is 10.3. The van der Waals surface area contributed by atoms with Crippen molar-refractivity contribution in [2.24, 2.45) is 0 Å². The van der Waals surface area contributed by atoms with E-state index in [0.29, 0.717) is 29.9 Å². The summed E-state index contributed by atoms with van der Waals surface area (Å²) in [5.41, 5.74) is 1.44. The zero-order valence-corrected chi connectivity index (χ0v) is 13.1. The van der Waals surface area contributed by atoms with Gasteiger partial charge in [0.1, 0.15) is 5.82 Å². The van der Waals surface area contributed by atoms with E-state index in [-0.39, 0.29) is 18.5 Å². The van der Waals surface area contributed by atoms with Crippen LogP contribution in [0.25, 0.3) is 16.7 Å². The molecule has 3 aromatic rings. The molecule has 0 atom stereocenters. The third-order valence-corrected chi connectivity index (χ3v) is 3.59. The molecular weight excluding hydrogens is 318 g/mol. The highest BCUT2D eigenvalue weighted by molar-refractivity contribution is 6.28. The second-order valence-electron chi connectivity index (χ2n) is 4.88. The lowest BCUT2D eigenvalue weighted by molar-refractivity contribution is 0.281. The van der Waals surface area contributed by atoms with Crippen molar-refractivity contribution in [3.8, 4) is 5.69 Å². The molecule has 2 heterocycles. The number of hydrogen-bond donors (Lipinski definition) is 2. The predicted molar refractivity (Wildman–Crippen MR) is 88.1 cm³/mol. The van der Waals surface area contributed by atoms with Crippen molar-refractivity contribution in [2.75, 3.05) is 31.2 Å². The second kappa shape index (κ2) is 6.91. The molecule has 3 rings (SSSR count). The topological polar surface area (TPSA) is 87.3 Å². The maximum absolute atomic E-state index is 9.23. The summed E-state index contributed by atoms with van der Waals surface area (Å²) >= 11 is 6.07. The summed E-state index contributed by atoms with van der Waals surface area (Å²) in [7, 11) is 0. The largest absolute Gasteiger partial charge is 0.395 e. The smallest absolute Gasteiger partial charge is 0.226 e. The monoisotopic (exact) mass is 333 g/mol. The highest BCUT2D eigenvalue weighted by Crippen LogP contribution is 2.26. The molecule has 8 heteroatoms. The molecule has 1 aromatic carbocycles. The second-order valence-corrected chi connectivity index (χ2v) is 5.22. The van der Waals surface area contributed by atoms with Gasteiger partial charge in [0, 0.05) is 13.1 Å². The lowest BCUT2D eigenvalue weighted by Gasteiger charge is -2.22. The molecule has 0 saturated carbocycles. The van der Waals surface area contributed by atoms with E-state index in [4.69, 9.17) is 11.6 Å². The van der Waals surface area contributed by atoms with Gasteiger partial charge in [0.05, 0.1) is 30.5 Å². The van der Waals surface area contributed by atoms with E-state index < -0.39 is 0 Å². The number of anilines is 1. The lowest BCUT2D eigenvalue weighted by Crippen LogP contribution is -2.30. The molecular formula is C15H16ClN5O2. The fourth-order valence-corrected chi connectivity index (χ4v) is 2.59. The van der Waals surface area contributed by atoms with E-state index in [2.05, 4.69) is 15.1 Å². The standard InChI is InChI=1S/C15H16ClN5O2/c16-15-18-13(20(6-8-22)7-9-23)12-10-17-21(14(12)19-15)11-4-2-1-3-5-11/h1-5,10,22-23H,6-9H2. The van der Waals surface area contributed by atoms with Crippen LogP contribution in [0.5, 0.6) is 0 Å². The quantitative estimate of drug-likeness (QED) is 0.660. The molecule has 7 nitrogen and oxygen atoms in total. The first kappa shape index (κ1) is 15.7. The van der Waals surface area contributed by atoms with Gasteiger partial charge in [0.25, 0.3) is 0 Å². The Morgan fingerprint density at radius 1 is 1.04 bits per heavy atom. The van der Waals surface area contributed by atoms with Crippen LogP contribution in [0.3, 0.4) is 0 Å². The van der Waals surface area contributed by atoms with E-state index in [1.807, 2.05) is 30.3 Å². The summed E-state index contributed by atoms with van der Waals surface area (Å²) in [5, 5.41) is 23.6. The van der Waals surface area contributed by atoms with Crippen molar-refractivity contribution in [1.29, 1.82) is 0 Å². The summed E-state index contributed by atoms with van der Waals surface area (Å²) in [4.78, 5) is 10.3. The first-order chi connectivity index (χ1) is 11.2. The molecule has 0 bridgehead atoms. The summed E-state index contributed by atoms with van der Waals surface area (Å²) in [6.45, 7) is 0.547. The Bertz CT molecular complexity index is 787. The van der Waals surface area contributed by atoms with Gasteiger partial charge in [-0.2, -0.15) is 15.1 Å². The highest BCUT2D eigenvalue weighted by Gasteiger charge is 2.17. The van der Waals surface area contributed by atoms with Crippen LogP contribution in [0.2, 0.25) is 5.28 Å². The molecule has 0 aliphatic rings.